The van der Waals surface area contributed by atoms with Crippen LogP contribution in [0.5, 0.6) is 0 Å². The molecule has 6 rings (SSSR count). The highest BCUT2D eigenvalue weighted by Crippen LogP contribution is 2.44. The van der Waals surface area contributed by atoms with Gasteiger partial charge in [0.25, 0.3) is 0 Å². The fraction of sp³-hybridized carbons (Fsp3) is 0.0571. The minimum atomic E-state index is 1.21. The van der Waals surface area contributed by atoms with Crippen LogP contribution in [0.2, 0.25) is 0 Å². The quantitative estimate of drug-likeness (QED) is 0.231. The molecular weight excluding hydrogens is 434 g/mol. The van der Waals surface area contributed by atoms with Gasteiger partial charge in [0.15, 0.2) is 6.20 Å². The molecule has 5 aromatic carbocycles. The smallest absolute Gasteiger partial charge is 0.200 e. The van der Waals surface area contributed by atoms with E-state index in [1.807, 2.05) is 0 Å². The maximum absolute atomic E-state index is 2.36. The number of nitrogens with zero attached hydrogens (tertiary/aromatic N) is 1. The van der Waals surface area contributed by atoms with E-state index >= 15 is 0 Å². The zero-order chi connectivity index (χ0) is 24.5. The standard InChI is InChI=1S/C35H28N/c1-25-17-19-26(20-18-25)30-23-32(27-11-5-3-6-12-27)34(33(24-30)28-13-7-4-8-14-28)35-31-16-10-9-15-29(31)21-22-36(35)2/h3-24H,1-2H3/q+1. The average molecular weight is 463 g/mol. The molecular formula is C35H28N+. The molecule has 0 saturated heterocycles. The molecule has 172 valence electrons. The molecule has 36 heavy (non-hydrogen) atoms. The van der Waals surface area contributed by atoms with Gasteiger partial charge in [-0.3, -0.25) is 0 Å². The average Bonchev–Trinajstić information content (AvgIpc) is 2.94. The molecule has 0 atom stereocenters. The van der Waals surface area contributed by atoms with E-state index in [2.05, 4.69) is 152 Å². The van der Waals surface area contributed by atoms with Crippen molar-refractivity contribution >= 4 is 10.8 Å². The Morgan fingerprint density at radius 2 is 1.06 bits per heavy atom. The lowest BCUT2D eigenvalue weighted by Crippen LogP contribution is -2.31. The summed E-state index contributed by atoms with van der Waals surface area (Å²) >= 11 is 0. The first-order valence-corrected chi connectivity index (χ1v) is 12.4. The highest BCUT2D eigenvalue weighted by atomic mass is 14.9. The number of fused-ring (bicyclic) bond motifs is 1. The SMILES string of the molecule is Cc1ccc(-c2cc(-c3ccccc3)c(-c3c4ccccc4cc[n+]3C)c(-c3ccccc3)c2)cc1. The number of benzene rings is 5. The molecule has 0 saturated carbocycles. The van der Waals surface area contributed by atoms with Gasteiger partial charge in [-0.15, -0.1) is 0 Å². The Bertz CT molecular complexity index is 1600. The number of pyridine rings is 1. The lowest BCUT2D eigenvalue weighted by Gasteiger charge is -2.18. The first-order chi connectivity index (χ1) is 17.7. The van der Waals surface area contributed by atoms with E-state index in [1.165, 1.54) is 61.0 Å². The van der Waals surface area contributed by atoms with Crippen LogP contribution in [-0.2, 0) is 7.05 Å². The van der Waals surface area contributed by atoms with Crippen LogP contribution in [0.15, 0.2) is 134 Å². The normalized spacial score (nSPS) is 11.1. The van der Waals surface area contributed by atoms with Gasteiger partial charge in [0.1, 0.15) is 7.05 Å². The third kappa shape index (κ3) is 3.99. The van der Waals surface area contributed by atoms with Gasteiger partial charge in [0.2, 0.25) is 5.69 Å². The zero-order valence-corrected chi connectivity index (χ0v) is 20.6. The summed E-state index contributed by atoms with van der Waals surface area (Å²) in [5, 5.41) is 2.49. The minimum absolute atomic E-state index is 1.21. The Morgan fingerprint density at radius 1 is 0.500 bits per heavy atom. The van der Waals surface area contributed by atoms with Crippen LogP contribution in [0.25, 0.3) is 55.4 Å². The molecule has 0 amide bonds. The van der Waals surface area contributed by atoms with Crippen molar-refractivity contribution in [1.82, 2.24) is 0 Å². The molecule has 0 unspecified atom stereocenters. The Balaban J connectivity index is 1.77. The van der Waals surface area contributed by atoms with Gasteiger partial charge in [-0.1, -0.05) is 109 Å². The largest absolute Gasteiger partial charge is 0.221 e. The lowest BCUT2D eigenvalue weighted by molar-refractivity contribution is -0.659. The molecule has 0 radical (unpaired) electrons. The van der Waals surface area contributed by atoms with Crippen LogP contribution in [0.3, 0.4) is 0 Å². The number of hydrogen-bond donors (Lipinski definition) is 0. The summed E-state index contributed by atoms with van der Waals surface area (Å²) in [6, 6.07) is 46.0. The predicted octanol–water partition coefficient (Wildman–Crippen LogP) is 8.64. The highest BCUT2D eigenvalue weighted by Gasteiger charge is 2.24. The van der Waals surface area contributed by atoms with Gasteiger partial charge in [-0.05, 0) is 63.9 Å². The van der Waals surface area contributed by atoms with Crippen molar-refractivity contribution in [2.24, 2.45) is 7.05 Å². The van der Waals surface area contributed by atoms with Crippen molar-refractivity contribution in [1.29, 1.82) is 0 Å². The molecule has 1 heterocycles. The van der Waals surface area contributed by atoms with Crippen molar-refractivity contribution in [2.75, 3.05) is 0 Å². The zero-order valence-electron chi connectivity index (χ0n) is 20.6. The molecule has 6 aromatic rings. The Labute approximate surface area is 213 Å². The van der Waals surface area contributed by atoms with E-state index in [-0.39, 0.29) is 0 Å². The van der Waals surface area contributed by atoms with Gasteiger partial charge < -0.3 is 0 Å². The fourth-order valence-corrected chi connectivity index (χ4v) is 5.13. The van der Waals surface area contributed by atoms with Crippen LogP contribution in [0.4, 0.5) is 0 Å². The van der Waals surface area contributed by atoms with Gasteiger partial charge in [0.05, 0.1) is 10.9 Å². The first kappa shape index (κ1) is 22.0. The number of hydrogen-bond acceptors (Lipinski definition) is 0. The van der Waals surface area contributed by atoms with Gasteiger partial charge in [-0.25, -0.2) is 4.57 Å². The third-order valence-corrected chi connectivity index (χ3v) is 6.98. The Kier molecular flexibility index (Phi) is 5.67. The first-order valence-electron chi connectivity index (χ1n) is 12.4. The second-order valence-electron chi connectivity index (χ2n) is 9.41. The Morgan fingerprint density at radius 3 is 1.67 bits per heavy atom. The topological polar surface area (TPSA) is 3.88 Å². The van der Waals surface area contributed by atoms with E-state index in [1.54, 1.807) is 0 Å². The van der Waals surface area contributed by atoms with Crippen LogP contribution in [0.1, 0.15) is 5.56 Å². The highest BCUT2D eigenvalue weighted by molar-refractivity contribution is 6.03. The molecule has 1 heteroatoms. The number of aromatic nitrogens is 1. The molecule has 0 fully saturated rings. The summed E-state index contributed by atoms with van der Waals surface area (Å²) in [6.45, 7) is 2.14. The van der Waals surface area contributed by atoms with Gasteiger partial charge >= 0.3 is 0 Å². The summed E-state index contributed by atoms with van der Waals surface area (Å²) in [4.78, 5) is 0. The molecule has 1 aromatic heterocycles. The van der Waals surface area contributed by atoms with Crippen molar-refractivity contribution in [3.63, 3.8) is 0 Å². The summed E-state index contributed by atoms with van der Waals surface area (Å²) < 4.78 is 2.27. The predicted molar refractivity (Wildman–Crippen MR) is 152 cm³/mol. The summed E-state index contributed by atoms with van der Waals surface area (Å²) in [5.41, 5.74) is 11.1. The molecule has 0 aliphatic heterocycles. The molecule has 0 N–H and O–H groups in total. The summed E-state index contributed by atoms with van der Waals surface area (Å²) in [5.74, 6) is 0. The van der Waals surface area contributed by atoms with E-state index in [4.69, 9.17) is 0 Å². The summed E-state index contributed by atoms with van der Waals surface area (Å²) in [6.07, 6.45) is 2.18. The molecule has 0 aliphatic rings. The molecule has 0 bridgehead atoms. The van der Waals surface area contributed by atoms with Crippen molar-refractivity contribution in [2.45, 2.75) is 6.92 Å². The van der Waals surface area contributed by atoms with Crippen molar-refractivity contribution in [3.05, 3.63) is 139 Å². The molecule has 0 aliphatic carbocycles. The number of aryl methyl sites for hydroxylation is 2. The van der Waals surface area contributed by atoms with E-state index in [0.29, 0.717) is 0 Å². The summed E-state index contributed by atoms with van der Waals surface area (Å²) in [7, 11) is 2.15. The number of rotatable bonds is 4. The van der Waals surface area contributed by atoms with Crippen molar-refractivity contribution < 1.29 is 4.57 Å². The minimum Gasteiger partial charge on any atom is -0.200 e. The second kappa shape index (κ2) is 9.28. The maximum atomic E-state index is 2.36. The molecule has 0 spiro atoms. The van der Waals surface area contributed by atoms with Crippen LogP contribution < -0.4 is 4.57 Å². The van der Waals surface area contributed by atoms with Crippen LogP contribution in [-0.4, -0.2) is 0 Å². The third-order valence-electron chi connectivity index (χ3n) is 6.98. The van der Waals surface area contributed by atoms with Crippen LogP contribution in [0, 0.1) is 6.92 Å². The maximum Gasteiger partial charge on any atom is 0.221 e. The van der Waals surface area contributed by atoms with E-state index in [9.17, 15) is 0 Å². The van der Waals surface area contributed by atoms with E-state index < -0.39 is 0 Å². The Hall–Kier alpha value is -4.49. The fourth-order valence-electron chi connectivity index (χ4n) is 5.13. The van der Waals surface area contributed by atoms with E-state index in [0.717, 1.165) is 0 Å². The monoisotopic (exact) mass is 462 g/mol. The second-order valence-corrected chi connectivity index (χ2v) is 9.41. The van der Waals surface area contributed by atoms with Crippen LogP contribution >= 0.6 is 0 Å². The van der Waals surface area contributed by atoms with Crippen molar-refractivity contribution in [3.8, 4) is 44.6 Å². The van der Waals surface area contributed by atoms with Gasteiger partial charge in [0, 0.05) is 6.07 Å². The molecule has 1 nitrogen and oxygen atoms in total. The lowest BCUT2D eigenvalue weighted by atomic mass is 9.85. The van der Waals surface area contributed by atoms with Gasteiger partial charge in [-0.2, -0.15) is 0 Å².